The van der Waals surface area contributed by atoms with Gasteiger partial charge in [0.15, 0.2) is 6.23 Å². The summed E-state index contributed by atoms with van der Waals surface area (Å²) in [5, 5.41) is 15.5. The minimum atomic E-state index is -3.50. The molecular weight excluding hydrogens is 554 g/mol. The summed E-state index contributed by atoms with van der Waals surface area (Å²) in [6, 6.07) is 4.19. The molecule has 2 saturated heterocycles. The molecule has 14 heteroatoms. The summed E-state index contributed by atoms with van der Waals surface area (Å²) in [6.07, 6.45) is 1.74. The van der Waals surface area contributed by atoms with Gasteiger partial charge in [-0.1, -0.05) is 18.9 Å². The van der Waals surface area contributed by atoms with Gasteiger partial charge < -0.3 is 20.1 Å². The molecule has 13 nitrogen and oxygen atoms in total. The van der Waals surface area contributed by atoms with Crippen molar-refractivity contribution in [2.24, 2.45) is 0 Å². The number of aliphatic hydroxyl groups excluding tert-OH is 1. The topological polar surface area (TPSA) is 174 Å². The Morgan fingerprint density at radius 1 is 1.10 bits per heavy atom. The first-order chi connectivity index (χ1) is 19.3. The van der Waals surface area contributed by atoms with Crippen molar-refractivity contribution in [3.8, 4) is 0 Å². The number of benzene rings is 1. The number of rotatable bonds is 11. The zero-order valence-corrected chi connectivity index (χ0v) is 24.5. The zero-order chi connectivity index (χ0) is 29.9. The van der Waals surface area contributed by atoms with Gasteiger partial charge in [0, 0.05) is 49.4 Å². The minimum absolute atomic E-state index is 0.108. The molecule has 0 aromatic heterocycles. The van der Waals surface area contributed by atoms with Crippen LogP contribution in [0.3, 0.4) is 0 Å². The van der Waals surface area contributed by atoms with Crippen LogP contribution in [-0.4, -0.2) is 90.2 Å². The highest BCUT2D eigenvalue weighted by atomic mass is 32.2. The maximum atomic E-state index is 13.0. The third kappa shape index (κ3) is 7.35. The Labute approximate surface area is 240 Å². The van der Waals surface area contributed by atoms with Gasteiger partial charge in [0.25, 0.3) is 5.91 Å². The average Bonchev–Trinajstić information content (AvgIpc) is 3.08. The number of hydrogen-bond donors (Lipinski definition) is 4. The number of nitrogens with one attached hydrogen (secondary N) is 3. The molecule has 1 aromatic carbocycles. The highest BCUT2D eigenvalue weighted by molar-refractivity contribution is 7.90. The van der Waals surface area contributed by atoms with Gasteiger partial charge in [-0.15, -0.1) is 0 Å². The Bertz CT molecular complexity index is 1290. The lowest BCUT2D eigenvalue weighted by Gasteiger charge is -2.39. The monoisotopic (exact) mass is 593 g/mol. The van der Waals surface area contributed by atoms with Crippen LogP contribution >= 0.6 is 0 Å². The number of imide groups is 1. The Balaban J connectivity index is 1.12. The highest BCUT2D eigenvalue weighted by Crippen LogP contribution is 2.36. The van der Waals surface area contributed by atoms with Crippen LogP contribution in [0.4, 0.5) is 10.5 Å². The number of carbonyl (C=O) groups is 4. The van der Waals surface area contributed by atoms with Crippen LogP contribution in [0.15, 0.2) is 18.2 Å². The number of anilines is 1. The van der Waals surface area contributed by atoms with Gasteiger partial charge in [-0.2, -0.15) is 0 Å². The van der Waals surface area contributed by atoms with E-state index in [9.17, 15) is 32.7 Å². The molecule has 0 bridgehead atoms. The Morgan fingerprint density at radius 2 is 1.78 bits per heavy atom. The number of amides is 4. The number of aliphatic hydroxyl groups is 1. The number of fused-ring (bicyclic) bond motifs is 1. The number of nitrogens with zero attached hydrogens (tertiary/aromatic N) is 2. The van der Waals surface area contributed by atoms with Crippen molar-refractivity contribution in [1.82, 2.24) is 19.8 Å². The first kappa shape index (κ1) is 30.7. The summed E-state index contributed by atoms with van der Waals surface area (Å²) in [7, 11) is -3.50. The van der Waals surface area contributed by atoms with E-state index in [1.165, 1.54) is 4.90 Å². The molecule has 226 valence electrons. The first-order valence-corrected chi connectivity index (χ1v) is 15.5. The molecule has 0 saturated carbocycles. The molecule has 41 heavy (non-hydrogen) atoms. The van der Waals surface area contributed by atoms with E-state index in [1.54, 1.807) is 39.0 Å². The lowest BCUT2D eigenvalue weighted by Crippen LogP contribution is -2.60. The molecule has 3 heterocycles. The number of carbonyl (C=O) groups excluding carboxylic acids is 4. The molecule has 4 amide bonds. The molecule has 0 radical (unpaired) electrons. The van der Waals surface area contributed by atoms with E-state index in [0.717, 1.165) is 24.2 Å². The van der Waals surface area contributed by atoms with Gasteiger partial charge in [0.2, 0.25) is 21.8 Å². The van der Waals surface area contributed by atoms with Crippen LogP contribution in [0.5, 0.6) is 0 Å². The smallest absolute Gasteiger partial charge is 0.410 e. The van der Waals surface area contributed by atoms with Crippen molar-refractivity contribution in [1.29, 1.82) is 0 Å². The summed E-state index contributed by atoms with van der Waals surface area (Å²) in [6.45, 7) is 6.50. The average molecular weight is 594 g/mol. The highest BCUT2D eigenvalue weighted by Gasteiger charge is 2.44. The molecule has 0 spiro atoms. The van der Waals surface area contributed by atoms with E-state index < -0.39 is 51.1 Å². The fourth-order valence-corrected chi connectivity index (χ4v) is 6.43. The lowest BCUT2D eigenvalue weighted by molar-refractivity contribution is -0.139. The van der Waals surface area contributed by atoms with Gasteiger partial charge >= 0.3 is 6.09 Å². The van der Waals surface area contributed by atoms with Crippen LogP contribution in [0.2, 0.25) is 0 Å². The van der Waals surface area contributed by atoms with Crippen molar-refractivity contribution < 1.29 is 37.4 Å². The zero-order valence-electron chi connectivity index (χ0n) is 23.6. The number of likely N-dealkylation sites (tertiary alicyclic amines) is 1. The standard InChI is InChI=1S/C27H39N5O8S/c1-27(2,3)40-26(37)31-15-18(16-31)41(38,39)29-13-7-5-4-6-12-28-17-8-9-19-20(14-17)25(36)32(24(19)35)21-10-11-22(33)30-23(21)34/h8-9,14,18,21,24,28-29,35H,4-7,10-13,15-16H2,1-3H3,(H,30,33,34). The third-order valence-corrected chi connectivity index (χ3v) is 9.06. The Kier molecular flexibility index (Phi) is 9.24. The predicted molar refractivity (Wildman–Crippen MR) is 149 cm³/mol. The van der Waals surface area contributed by atoms with Gasteiger partial charge in [-0.25, -0.2) is 17.9 Å². The minimum Gasteiger partial charge on any atom is -0.444 e. The van der Waals surface area contributed by atoms with Gasteiger partial charge in [0.05, 0.1) is 0 Å². The molecule has 2 atom stereocenters. The van der Waals surface area contributed by atoms with E-state index in [-0.39, 0.29) is 31.8 Å². The number of ether oxygens (including phenoxy) is 1. The van der Waals surface area contributed by atoms with E-state index in [1.807, 2.05) is 0 Å². The van der Waals surface area contributed by atoms with Crippen LogP contribution in [-0.2, 0) is 24.3 Å². The SMILES string of the molecule is CC(C)(C)OC(=O)N1CC(S(=O)(=O)NCCCCCCNc2ccc3c(c2)C(=O)N(C2CCC(=O)NC2=O)C3O)C1. The molecule has 1 aromatic rings. The van der Waals surface area contributed by atoms with Crippen molar-refractivity contribution in [3.63, 3.8) is 0 Å². The predicted octanol–water partition coefficient (Wildman–Crippen LogP) is 1.45. The Morgan fingerprint density at radius 3 is 2.44 bits per heavy atom. The van der Waals surface area contributed by atoms with Crippen molar-refractivity contribution >= 4 is 39.5 Å². The summed E-state index contributed by atoms with van der Waals surface area (Å²) >= 11 is 0. The lowest BCUT2D eigenvalue weighted by atomic mass is 10.0. The number of piperidine rings is 1. The second kappa shape index (κ2) is 12.3. The quantitative estimate of drug-likeness (QED) is 0.219. The maximum Gasteiger partial charge on any atom is 0.410 e. The number of hydrogen-bond acceptors (Lipinski definition) is 9. The van der Waals surface area contributed by atoms with Crippen LogP contribution in [0, 0.1) is 0 Å². The molecule has 4 N–H and O–H groups in total. The van der Waals surface area contributed by atoms with E-state index in [2.05, 4.69) is 15.4 Å². The van der Waals surface area contributed by atoms with Crippen molar-refractivity contribution in [3.05, 3.63) is 29.3 Å². The van der Waals surface area contributed by atoms with E-state index in [0.29, 0.717) is 36.3 Å². The van der Waals surface area contributed by atoms with Gasteiger partial charge in [-0.05, 0) is 52.2 Å². The summed E-state index contributed by atoms with van der Waals surface area (Å²) in [4.78, 5) is 51.2. The summed E-state index contributed by atoms with van der Waals surface area (Å²) in [5.41, 5.74) is 0.829. The van der Waals surface area contributed by atoms with Crippen LogP contribution < -0.4 is 15.4 Å². The molecule has 3 aliphatic rings. The third-order valence-electron chi connectivity index (χ3n) is 7.28. The maximum absolute atomic E-state index is 13.0. The first-order valence-electron chi connectivity index (χ1n) is 14.0. The fourth-order valence-electron chi connectivity index (χ4n) is 5.01. The molecule has 0 aliphatic carbocycles. The number of sulfonamides is 1. The van der Waals surface area contributed by atoms with Crippen molar-refractivity contribution in [2.45, 2.75) is 82.4 Å². The van der Waals surface area contributed by atoms with Crippen molar-refractivity contribution in [2.75, 3.05) is 31.5 Å². The largest absolute Gasteiger partial charge is 0.444 e. The van der Waals surface area contributed by atoms with Gasteiger partial charge in [-0.3, -0.25) is 24.6 Å². The normalized spacial score (nSPS) is 21.4. The van der Waals surface area contributed by atoms with Gasteiger partial charge in [0.1, 0.15) is 16.9 Å². The second-order valence-corrected chi connectivity index (χ2v) is 13.7. The molecular formula is C27H39N5O8S. The van der Waals surface area contributed by atoms with E-state index >= 15 is 0 Å². The summed E-state index contributed by atoms with van der Waals surface area (Å²) in [5.74, 6) is -1.42. The fraction of sp³-hybridized carbons (Fsp3) is 0.630. The number of unbranched alkanes of at least 4 members (excludes halogenated alkanes) is 3. The van der Waals surface area contributed by atoms with Crippen LogP contribution in [0.1, 0.15) is 81.4 Å². The van der Waals surface area contributed by atoms with E-state index in [4.69, 9.17) is 4.74 Å². The molecule has 4 rings (SSSR count). The van der Waals surface area contributed by atoms with Crippen LogP contribution in [0.25, 0.3) is 0 Å². The Hall–Kier alpha value is -3.23. The second-order valence-electron chi connectivity index (χ2n) is 11.6. The molecule has 2 fully saturated rings. The molecule has 3 aliphatic heterocycles. The molecule has 2 unspecified atom stereocenters. The summed E-state index contributed by atoms with van der Waals surface area (Å²) < 4.78 is 32.8.